The zero-order valence-corrected chi connectivity index (χ0v) is 15.1. The third-order valence-corrected chi connectivity index (χ3v) is 3.86. The van der Waals surface area contributed by atoms with Crippen LogP contribution in [0.1, 0.15) is 23.5 Å². The molecule has 148 valence electrons. The van der Waals surface area contributed by atoms with Crippen molar-refractivity contribution in [1.82, 2.24) is 14.8 Å². The van der Waals surface area contributed by atoms with E-state index in [9.17, 15) is 19.7 Å². The Balaban J connectivity index is 1.89. The van der Waals surface area contributed by atoms with Crippen molar-refractivity contribution in [2.75, 3.05) is 5.32 Å². The Morgan fingerprint density at radius 2 is 2.03 bits per heavy atom. The molecule has 29 heavy (non-hydrogen) atoms. The fraction of sp³-hybridized carbons (Fsp3) is 0.111. The third-order valence-electron chi connectivity index (χ3n) is 3.86. The molecule has 1 unspecified atom stereocenters. The summed E-state index contributed by atoms with van der Waals surface area (Å²) in [6, 6.07) is 7.31. The number of nitro benzene ring substituents is 1. The van der Waals surface area contributed by atoms with E-state index < -0.39 is 22.8 Å². The first-order chi connectivity index (χ1) is 13.8. The van der Waals surface area contributed by atoms with E-state index in [4.69, 9.17) is 9.84 Å². The van der Waals surface area contributed by atoms with Gasteiger partial charge in [-0.1, -0.05) is 0 Å². The molecule has 2 N–H and O–H groups in total. The van der Waals surface area contributed by atoms with Crippen molar-refractivity contribution in [2.45, 2.75) is 13.0 Å². The maximum atomic E-state index is 12.6. The molecular formula is C18H15N5O6. The Morgan fingerprint density at radius 1 is 1.24 bits per heavy atom. The van der Waals surface area contributed by atoms with Crippen molar-refractivity contribution >= 4 is 23.3 Å². The van der Waals surface area contributed by atoms with E-state index in [0.717, 1.165) is 10.7 Å². The molecule has 0 aliphatic carbocycles. The van der Waals surface area contributed by atoms with Gasteiger partial charge in [0, 0.05) is 24.5 Å². The standard InChI is InChI=1S/C18H15N5O6/c1-11(18(25)26)22-16(4-6-20-22)17(24)21-12-7-13(23(27)28)9-15(8-12)29-14-3-2-5-19-10-14/h2-11H,1H3,(H,21,24)(H,25,26). The summed E-state index contributed by atoms with van der Waals surface area (Å²) >= 11 is 0. The summed E-state index contributed by atoms with van der Waals surface area (Å²) in [6.07, 6.45) is 4.27. The predicted octanol–water partition coefficient (Wildman–Crippen LogP) is 2.88. The SMILES string of the molecule is CC(C(=O)O)n1nccc1C(=O)Nc1cc(Oc2cccnc2)cc([N+](=O)[O-])c1. The van der Waals surface area contributed by atoms with Crippen molar-refractivity contribution < 1.29 is 24.4 Å². The summed E-state index contributed by atoms with van der Waals surface area (Å²) in [5.41, 5.74) is -0.214. The molecule has 3 rings (SSSR count). The Morgan fingerprint density at radius 3 is 2.69 bits per heavy atom. The summed E-state index contributed by atoms with van der Waals surface area (Å²) in [6.45, 7) is 1.37. The smallest absolute Gasteiger partial charge is 0.328 e. The normalized spacial score (nSPS) is 11.5. The third kappa shape index (κ3) is 4.53. The molecular weight excluding hydrogens is 382 g/mol. The summed E-state index contributed by atoms with van der Waals surface area (Å²) in [5, 5.41) is 26.7. The van der Waals surface area contributed by atoms with Crippen LogP contribution in [0.3, 0.4) is 0 Å². The number of nitrogens with one attached hydrogen (secondary N) is 1. The molecule has 2 aromatic heterocycles. The number of carbonyl (C=O) groups excluding carboxylic acids is 1. The molecule has 0 spiro atoms. The summed E-state index contributed by atoms with van der Waals surface area (Å²) in [4.78, 5) is 38.3. The maximum absolute atomic E-state index is 12.6. The fourth-order valence-corrected chi connectivity index (χ4v) is 2.47. The molecule has 0 aliphatic rings. The van der Waals surface area contributed by atoms with Crippen LogP contribution in [-0.4, -0.2) is 36.7 Å². The van der Waals surface area contributed by atoms with Crippen LogP contribution >= 0.6 is 0 Å². The number of rotatable bonds is 7. The first-order valence-electron chi connectivity index (χ1n) is 8.30. The number of aliphatic carboxylic acids is 1. The van der Waals surface area contributed by atoms with Crippen molar-refractivity contribution in [3.8, 4) is 11.5 Å². The topological polar surface area (TPSA) is 149 Å². The minimum atomic E-state index is -1.16. The Labute approximate surface area is 163 Å². The van der Waals surface area contributed by atoms with Crippen LogP contribution < -0.4 is 10.1 Å². The maximum Gasteiger partial charge on any atom is 0.328 e. The van der Waals surface area contributed by atoms with Crippen LogP contribution in [0.5, 0.6) is 11.5 Å². The zero-order valence-electron chi connectivity index (χ0n) is 15.1. The molecule has 0 saturated carbocycles. The lowest BCUT2D eigenvalue weighted by atomic mass is 10.2. The van der Waals surface area contributed by atoms with Gasteiger partial charge in [-0.05, 0) is 25.1 Å². The van der Waals surface area contributed by atoms with Crippen LogP contribution in [0.4, 0.5) is 11.4 Å². The van der Waals surface area contributed by atoms with Gasteiger partial charge in [0.15, 0.2) is 0 Å². The molecule has 0 bridgehead atoms. The van der Waals surface area contributed by atoms with Gasteiger partial charge in [-0.25, -0.2) is 9.48 Å². The molecule has 2 heterocycles. The van der Waals surface area contributed by atoms with E-state index in [1.54, 1.807) is 18.3 Å². The quantitative estimate of drug-likeness (QED) is 0.456. The van der Waals surface area contributed by atoms with Crippen molar-refractivity contribution in [3.05, 3.63) is 70.8 Å². The number of non-ortho nitro benzene ring substituents is 1. The minimum absolute atomic E-state index is 0.0128. The number of aromatic nitrogens is 3. The average molecular weight is 397 g/mol. The second-order valence-corrected chi connectivity index (χ2v) is 5.89. The molecule has 1 aromatic carbocycles. The fourth-order valence-electron chi connectivity index (χ4n) is 2.47. The molecule has 1 atom stereocenters. The highest BCUT2D eigenvalue weighted by atomic mass is 16.6. The molecule has 0 radical (unpaired) electrons. The molecule has 0 fully saturated rings. The number of nitro groups is 1. The number of hydrogen-bond acceptors (Lipinski definition) is 7. The van der Waals surface area contributed by atoms with Crippen LogP contribution in [-0.2, 0) is 4.79 Å². The zero-order chi connectivity index (χ0) is 21.0. The summed E-state index contributed by atoms with van der Waals surface area (Å²) < 4.78 is 6.61. The first-order valence-corrected chi connectivity index (χ1v) is 8.30. The van der Waals surface area contributed by atoms with Crippen LogP contribution in [0, 0.1) is 10.1 Å². The number of anilines is 1. The Kier molecular flexibility index (Phi) is 5.49. The molecule has 11 nitrogen and oxygen atoms in total. The second-order valence-electron chi connectivity index (χ2n) is 5.89. The van der Waals surface area contributed by atoms with Gasteiger partial charge in [-0.2, -0.15) is 5.10 Å². The molecule has 1 amide bonds. The van der Waals surface area contributed by atoms with Crippen LogP contribution in [0.15, 0.2) is 55.0 Å². The summed E-state index contributed by atoms with van der Waals surface area (Å²) in [7, 11) is 0. The van der Waals surface area contributed by atoms with Crippen LogP contribution in [0.2, 0.25) is 0 Å². The molecule has 0 aliphatic heterocycles. The predicted molar refractivity (Wildman–Crippen MR) is 99.9 cm³/mol. The highest BCUT2D eigenvalue weighted by Gasteiger charge is 2.22. The van der Waals surface area contributed by atoms with Crippen molar-refractivity contribution in [3.63, 3.8) is 0 Å². The van der Waals surface area contributed by atoms with E-state index in [2.05, 4.69) is 15.4 Å². The van der Waals surface area contributed by atoms with Gasteiger partial charge >= 0.3 is 5.97 Å². The van der Waals surface area contributed by atoms with E-state index in [1.807, 2.05) is 0 Å². The van der Waals surface area contributed by atoms with Crippen molar-refractivity contribution in [1.29, 1.82) is 0 Å². The Bertz CT molecular complexity index is 1070. The highest BCUT2D eigenvalue weighted by molar-refractivity contribution is 6.03. The number of pyridine rings is 1. The van der Waals surface area contributed by atoms with E-state index >= 15 is 0 Å². The van der Waals surface area contributed by atoms with Gasteiger partial charge in [-0.15, -0.1) is 0 Å². The van der Waals surface area contributed by atoms with E-state index in [1.165, 1.54) is 37.5 Å². The van der Waals surface area contributed by atoms with Gasteiger partial charge in [0.1, 0.15) is 23.2 Å². The molecule has 11 heteroatoms. The van der Waals surface area contributed by atoms with Gasteiger partial charge < -0.3 is 15.2 Å². The number of carboxylic acid groups (broad SMARTS) is 1. The lowest BCUT2D eigenvalue weighted by Crippen LogP contribution is -2.24. The molecule has 3 aromatic rings. The number of benzene rings is 1. The number of carbonyl (C=O) groups is 2. The summed E-state index contributed by atoms with van der Waals surface area (Å²) in [5.74, 6) is -1.36. The number of ether oxygens (including phenoxy) is 1. The lowest BCUT2D eigenvalue weighted by Gasteiger charge is -2.12. The number of hydrogen-bond donors (Lipinski definition) is 2. The van der Waals surface area contributed by atoms with Gasteiger partial charge in [-0.3, -0.25) is 19.9 Å². The second kappa shape index (κ2) is 8.17. The van der Waals surface area contributed by atoms with Gasteiger partial charge in [0.25, 0.3) is 11.6 Å². The largest absolute Gasteiger partial charge is 0.480 e. The lowest BCUT2D eigenvalue weighted by molar-refractivity contribution is -0.384. The monoisotopic (exact) mass is 397 g/mol. The van der Waals surface area contributed by atoms with Crippen molar-refractivity contribution in [2.24, 2.45) is 0 Å². The first kappa shape index (κ1) is 19.5. The molecule has 0 saturated heterocycles. The average Bonchev–Trinajstić information content (AvgIpc) is 3.17. The van der Waals surface area contributed by atoms with E-state index in [-0.39, 0.29) is 22.8 Å². The minimum Gasteiger partial charge on any atom is -0.480 e. The number of nitrogens with zero attached hydrogens (tertiary/aromatic N) is 4. The number of amides is 1. The van der Waals surface area contributed by atoms with Gasteiger partial charge in [0.05, 0.1) is 22.9 Å². The van der Waals surface area contributed by atoms with Gasteiger partial charge in [0.2, 0.25) is 0 Å². The number of carboxylic acids is 1. The Hall–Kier alpha value is -4.28. The highest BCUT2D eigenvalue weighted by Crippen LogP contribution is 2.29. The van der Waals surface area contributed by atoms with Crippen LogP contribution in [0.25, 0.3) is 0 Å². The van der Waals surface area contributed by atoms with E-state index in [0.29, 0.717) is 5.75 Å².